The van der Waals surface area contributed by atoms with E-state index >= 15 is 0 Å². The number of ether oxygens (including phenoxy) is 1. The Kier molecular flexibility index (Phi) is 4.69. The van der Waals surface area contributed by atoms with Gasteiger partial charge in [-0.05, 0) is 31.5 Å². The summed E-state index contributed by atoms with van der Waals surface area (Å²) in [6.45, 7) is 4.17. The second-order valence-electron chi connectivity index (χ2n) is 4.88. The van der Waals surface area contributed by atoms with Gasteiger partial charge in [0.25, 0.3) is 0 Å². The first kappa shape index (κ1) is 15.7. The maximum absolute atomic E-state index is 13.8. The molecule has 1 fully saturated rings. The summed E-state index contributed by atoms with van der Waals surface area (Å²) < 4.78 is 45.8. The molecular formula is C13H17ClFNO3S. The third kappa shape index (κ3) is 2.98. The van der Waals surface area contributed by atoms with E-state index in [2.05, 4.69) is 0 Å². The zero-order valence-electron chi connectivity index (χ0n) is 11.4. The van der Waals surface area contributed by atoms with Crippen LogP contribution < -0.4 is 0 Å². The lowest BCUT2D eigenvalue weighted by molar-refractivity contribution is 0.0101. The SMILES string of the molecule is Cc1c(F)cc(CCl)cc1S(=O)(=O)N1CCOC(C)C1. The zero-order chi connectivity index (χ0) is 14.9. The predicted molar refractivity (Wildman–Crippen MR) is 74.9 cm³/mol. The van der Waals surface area contributed by atoms with E-state index in [0.29, 0.717) is 12.2 Å². The fraction of sp³-hybridized carbons (Fsp3) is 0.538. The van der Waals surface area contributed by atoms with Crippen LogP contribution in [-0.2, 0) is 20.6 Å². The minimum absolute atomic E-state index is 0.0118. The number of hydrogen-bond donors (Lipinski definition) is 0. The number of nitrogens with zero attached hydrogens (tertiary/aromatic N) is 1. The average Bonchev–Trinajstić information content (AvgIpc) is 2.41. The van der Waals surface area contributed by atoms with E-state index in [9.17, 15) is 12.8 Å². The molecule has 0 radical (unpaired) electrons. The first-order valence-corrected chi connectivity index (χ1v) is 8.30. The van der Waals surface area contributed by atoms with Gasteiger partial charge < -0.3 is 4.74 Å². The first-order valence-electron chi connectivity index (χ1n) is 6.33. The van der Waals surface area contributed by atoms with Crippen molar-refractivity contribution >= 4 is 21.6 Å². The summed E-state index contributed by atoms with van der Waals surface area (Å²) in [5.41, 5.74) is 0.577. The number of benzene rings is 1. The highest BCUT2D eigenvalue weighted by Crippen LogP contribution is 2.26. The van der Waals surface area contributed by atoms with Crippen molar-refractivity contribution in [1.29, 1.82) is 0 Å². The standard InChI is InChI=1S/C13H17ClFNO3S/c1-9-8-16(3-4-19-9)20(17,18)13-6-11(7-14)5-12(15)10(13)2/h5-6,9H,3-4,7-8H2,1-2H3. The van der Waals surface area contributed by atoms with Gasteiger partial charge in [0.2, 0.25) is 10.0 Å². The highest BCUT2D eigenvalue weighted by molar-refractivity contribution is 7.89. The molecule has 7 heteroatoms. The summed E-state index contributed by atoms with van der Waals surface area (Å²) in [5.74, 6) is -0.484. The van der Waals surface area contributed by atoms with Crippen molar-refractivity contribution in [2.75, 3.05) is 19.7 Å². The van der Waals surface area contributed by atoms with Gasteiger partial charge >= 0.3 is 0 Å². The molecule has 0 aromatic heterocycles. The van der Waals surface area contributed by atoms with Gasteiger partial charge in [0.05, 0.1) is 17.6 Å². The number of halogens is 2. The molecule has 4 nitrogen and oxygen atoms in total. The predicted octanol–water partition coefficient (Wildman–Crippen LogP) is 2.28. The lowest BCUT2D eigenvalue weighted by atomic mass is 10.1. The van der Waals surface area contributed by atoms with Crippen molar-refractivity contribution in [2.24, 2.45) is 0 Å². The molecule has 1 aromatic carbocycles. The molecule has 0 bridgehead atoms. The van der Waals surface area contributed by atoms with E-state index in [0.717, 1.165) is 0 Å². The molecular weight excluding hydrogens is 305 g/mol. The molecule has 20 heavy (non-hydrogen) atoms. The van der Waals surface area contributed by atoms with Crippen molar-refractivity contribution in [2.45, 2.75) is 30.7 Å². The van der Waals surface area contributed by atoms with E-state index in [1.54, 1.807) is 0 Å². The van der Waals surface area contributed by atoms with E-state index in [4.69, 9.17) is 16.3 Å². The highest BCUT2D eigenvalue weighted by Gasteiger charge is 2.31. The Bertz CT molecular complexity index is 606. The molecule has 1 aliphatic heterocycles. The van der Waals surface area contributed by atoms with Gasteiger partial charge in [0.1, 0.15) is 5.82 Å². The van der Waals surface area contributed by atoms with Gasteiger partial charge in [-0.1, -0.05) is 0 Å². The van der Waals surface area contributed by atoms with Crippen LogP contribution in [0.5, 0.6) is 0 Å². The molecule has 1 unspecified atom stereocenters. The number of morpholine rings is 1. The Morgan fingerprint density at radius 1 is 1.50 bits per heavy atom. The van der Waals surface area contributed by atoms with E-state index in [1.807, 2.05) is 6.92 Å². The van der Waals surface area contributed by atoms with Crippen molar-refractivity contribution in [3.8, 4) is 0 Å². The lowest BCUT2D eigenvalue weighted by Gasteiger charge is -2.30. The number of sulfonamides is 1. The maximum atomic E-state index is 13.8. The molecule has 0 spiro atoms. The van der Waals surface area contributed by atoms with Crippen molar-refractivity contribution in [3.63, 3.8) is 0 Å². The quantitative estimate of drug-likeness (QED) is 0.802. The van der Waals surface area contributed by atoms with Crippen LogP contribution in [0.4, 0.5) is 4.39 Å². The normalized spacial score (nSPS) is 21.1. The first-order chi connectivity index (χ1) is 9.36. The maximum Gasteiger partial charge on any atom is 0.243 e. The summed E-state index contributed by atoms with van der Waals surface area (Å²) in [6.07, 6.45) is -0.167. The average molecular weight is 322 g/mol. The highest BCUT2D eigenvalue weighted by atomic mass is 35.5. The van der Waals surface area contributed by atoms with E-state index in [-0.39, 0.29) is 35.5 Å². The zero-order valence-corrected chi connectivity index (χ0v) is 13.0. The molecule has 1 atom stereocenters. The molecule has 1 saturated heterocycles. The molecule has 0 N–H and O–H groups in total. The lowest BCUT2D eigenvalue weighted by Crippen LogP contribution is -2.44. The van der Waals surface area contributed by atoms with Crippen LogP contribution in [0.2, 0.25) is 0 Å². The molecule has 0 saturated carbocycles. The Morgan fingerprint density at radius 3 is 2.80 bits per heavy atom. The molecule has 112 valence electrons. The number of rotatable bonds is 3. The number of alkyl halides is 1. The van der Waals surface area contributed by atoms with Crippen LogP contribution in [0.1, 0.15) is 18.1 Å². The topological polar surface area (TPSA) is 46.6 Å². The second kappa shape index (κ2) is 5.97. The third-order valence-corrected chi connectivity index (χ3v) is 5.63. The molecule has 1 heterocycles. The summed E-state index contributed by atoms with van der Waals surface area (Å²) in [4.78, 5) is -0.0118. The van der Waals surface area contributed by atoms with Gasteiger partial charge in [0, 0.05) is 24.5 Å². The Labute approximate surface area is 123 Å². The summed E-state index contributed by atoms with van der Waals surface area (Å²) >= 11 is 5.69. The Balaban J connectivity index is 2.46. The third-order valence-electron chi connectivity index (χ3n) is 3.33. The fourth-order valence-corrected chi connectivity index (χ4v) is 4.13. The Hall–Kier alpha value is -0.690. The largest absolute Gasteiger partial charge is 0.376 e. The van der Waals surface area contributed by atoms with Gasteiger partial charge in [-0.3, -0.25) is 0 Å². The van der Waals surface area contributed by atoms with Gasteiger partial charge in [-0.15, -0.1) is 11.6 Å². The summed E-state index contributed by atoms with van der Waals surface area (Å²) in [5, 5.41) is 0. The van der Waals surface area contributed by atoms with Crippen LogP contribution in [0.25, 0.3) is 0 Å². The van der Waals surface area contributed by atoms with Gasteiger partial charge in [0.15, 0.2) is 0 Å². The minimum atomic E-state index is -3.73. The number of hydrogen-bond acceptors (Lipinski definition) is 3. The fourth-order valence-electron chi connectivity index (χ4n) is 2.20. The monoisotopic (exact) mass is 321 g/mol. The van der Waals surface area contributed by atoms with Crippen molar-refractivity contribution in [1.82, 2.24) is 4.31 Å². The second-order valence-corrected chi connectivity index (χ2v) is 7.05. The molecule has 1 aliphatic rings. The van der Waals surface area contributed by atoms with Crippen LogP contribution in [-0.4, -0.2) is 38.5 Å². The Morgan fingerprint density at radius 2 is 2.20 bits per heavy atom. The van der Waals surface area contributed by atoms with Crippen LogP contribution in [0.3, 0.4) is 0 Å². The smallest absolute Gasteiger partial charge is 0.243 e. The molecule has 1 aromatic rings. The van der Waals surface area contributed by atoms with Crippen molar-refractivity contribution in [3.05, 3.63) is 29.1 Å². The van der Waals surface area contributed by atoms with Crippen LogP contribution in [0, 0.1) is 12.7 Å². The molecule has 0 aliphatic carbocycles. The molecule has 0 amide bonds. The summed E-state index contributed by atoms with van der Waals surface area (Å²) in [6, 6.07) is 2.71. The van der Waals surface area contributed by atoms with Crippen LogP contribution in [0.15, 0.2) is 17.0 Å². The molecule has 2 rings (SSSR count). The van der Waals surface area contributed by atoms with Gasteiger partial charge in [-0.2, -0.15) is 4.31 Å². The summed E-state index contributed by atoms with van der Waals surface area (Å²) in [7, 11) is -3.73. The van der Waals surface area contributed by atoms with Crippen LogP contribution >= 0.6 is 11.6 Å². The minimum Gasteiger partial charge on any atom is -0.376 e. The van der Waals surface area contributed by atoms with Crippen molar-refractivity contribution < 1.29 is 17.5 Å². The van der Waals surface area contributed by atoms with Gasteiger partial charge in [-0.25, -0.2) is 12.8 Å². The van der Waals surface area contributed by atoms with E-state index < -0.39 is 15.8 Å². The van der Waals surface area contributed by atoms with E-state index in [1.165, 1.54) is 23.4 Å².